The molecule has 2 aliphatic heterocycles. The van der Waals surface area contributed by atoms with Crippen LogP contribution in [0.15, 0.2) is 47.3 Å². The largest absolute Gasteiger partial charge is 0.507 e. The van der Waals surface area contributed by atoms with Gasteiger partial charge in [0.25, 0.3) is 5.56 Å². The van der Waals surface area contributed by atoms with Crippen LogP contribution in [-0.2, 0) is 14.3 Å². The van der Waals surface area contributed by atoms with E-state index in [-0.39, 0.29) is 40.4 Å². The Morgan fingerprint density at radius 1 is 1.03 bits per heavy atom. The number of aromatic amines is 1. The van der Waals surface area contributed by atoms with E-state index in [1.54, 1.807) is 25.1 Å². The number of allylic oxidation sites excluding steroid dienone is 1. The fourth-order valence-electron chi connectivity index (χ4n) is 5.21. The molecule has 1 aromatic heterocycles. The van der Waals surface area contributed by atoms with E-state index in [1.165, 1.54) is 6.07 Å². The highest BCUT2D eigenvalue weighted by molar-refractivity contribution is 5.98. The number of aromatic hydroxyl groups is 1. The molecule has 38 heavy (non-hydrogen) atoms. The molecule has 0 amide bonds. The average Bonchev–Trinajstić information content (AvgIpc) is 2.87. The second kappa shape index (κ2) is 10.7. The van der Waals surface area contributed by atoms with Gasteiger partial charge in [0.05, 0.1) is 12.5 Å². The van der Waals surface area contributed by atoms with E-state index in [0.717, 1.165) is 5.39 Å². The van der Waals surface area contributed by atoms with Crippen LogP contribution >= 0.6 is 0 Å². The average molecular weight is 516 g/mol. The number of carbonyl (C=O) groups excluding carboxylic acids is 3. The number of hydrogen-bond acceptors (Lipinski definition) is 7. The quantitative estimate of drug-likeness (QED) is 0.339. The third-order valence-electron chi connectivity index (χ3n) is 7.14. The summed E-state index contributed by atoms with van der Waals surface area (Å²) in [4.78, 5) is 54.0. The number of fused-ring (bicyclic) bond motifs is 3. The van der Waals surface area contributed by atoms with Crippen molar-refractivity contribution in [1.29, 1.82) is 0 Å². The fourth-order valence-corrected chi connectivity index (χ4v) is 5.21. The number of esters is 2. The van der Waals surface area contributed by atoms with Crippen molar-refractivity contribution in [1.82, 2.24) is 4.98 Å². The normalized spacial score (nSPS) is 21.6. The zero-order valence-corrected chi connectivity index (χ0v) is 21.1. The van der Waals surface area contributed by atoms with Gasteiger partial charge < -0.3 is 19.6 Å². The molecule has 0 saturated carbocycles. The SMILES string of the molecule is C[C@@H]1CCCC(=O)CCC/C=C/c2cc3c(c(O)c2C(=O)O1)[C@H](c1cc2ccccc2[nH]c1=O)CC(=O)O3. The summed E-state index contributed by atoms with van der Waals surface area (Å²) < 4.78 is 11.1. The zero-order valence-electron chi connectivity index (χ0n) is 21.1. The number of phenols is 1. The molecule has 0 fully saturated rings. The third-order valence-corrected chi connectivity index (χ3v) is 7.14. The topological polar surface area (TPSA) is 123 Å². The summed E-state index contributed by atoms with van der Waals surface area (Å²) in [6, 6.07) is 10.5. The van der Waals surface area contributed by atoms with E-state index < -0.39 is 24.0 Å². The van der Waals surface area contributed by atoms with Crippen LogP contribution in [0, 0.1) is 0 Å². The van der Waals surface area contributed by atoms with Crippen molar-refractivity contribution in [2.24, 2.45) is 0 Å². The minimum atomic E-state index is -0.821. The highest BCUT2D eigenvalue weighted by Gasteiger charge is 2.36. The Bertz CT molecular complexity index is 1520. The molecule has 0 bridgehead atoms. The predicted octanol–water partition coefficient (Wildman–Crippen LogP) is 5.16. The summed E-state index contributed by atoms with van der Waals surface area (Å²) in [5.74, 6) is -2.18. The summed E-state index contributed by atoms with van der Waals surface area (Å²) in [6.07, 6.45) is 6.14. The molecule has 0 unspecified atom stereocenters. The molecular formula is C30H29NO7. The number of aromatic nitrogens is 1. The van der Waals surface area contributed by atoms with E-state index in [4.69, 9.17) is 9.47 Å². The standard InChI is InChI=1S/C30H29NO7/c1-17-8-7-12-20(32)11-4-2-3-10-19-15-24-27(28(34)26(19)30(36)37-17)21(16-25(33)38-24)22-14-18-9-5-6-13-23(18)31-29(22)35/h3,5-6,9-10,13-15,17,21,34H,2,4,7-8,11-12,16H2,1H3,(H,31,35)/b10-3+/t17-,21+/m1/s1. The van der Waals surface area contributed by atoms with Crippen LogP contribution in [0.4, 0.5) is 0 Å². The van der Waals surface area contributed by atoms with Gasteiger partial charge in [-0.2, -0.15) is 0 Å². The highest BCUT2D eigenvalue weighted by Crippen LogP contribution is 2.46. The fraction of sp³-hybridized carbons (Fsp3) is 0.333. The molecule has 3 heterocycles. The summed E-state index contributed by atoms with van der Waals surface area (Å²) in [6.45, 7) is 1.75. The first kappa shape index (κ1) is 25.4. The Hall–Kier alpha value is -4.20. The van der Waals surface area contributed by atoms with Crippen molar-refractivity contribution in [2.75, 3.05) is 0 Å². The van der Waals surface area contributed by atoms with Crippen LogP contribution < -0.4 is 10.3 Å². The number of carbonyl (C=O) groups is 3. The Balaban J connectivity index is 1.64. The Morgan fingerprint density at radius 3 is 2.66 bits per heavy atom. The number of benzene rings is 2. The first-order valence-electron chi connectivity index (χ1n) is 12.9. The van der Waals surface area contributed by atoms with Crippen LogP contribution in [0.2, 0.25) is 0 Å². The van der Waals surface area contributed by atoms with Gasteiger partial charge in [-0.3, -0.25) is 14.4 Å². The number of Topliss-reactive ketones (excluding diaryl/α,β-unsaturated/α-hetero) is 1. The summed E-state index contributed by atoms with van der Waals surface area (Å²) in [5.41, 5.74) is 1.05. The Labute approximate surface area is 219 Å². The summed E-state index contributed by atoms with van der Waals surface area (Å²) in [7, 11) is 0. The Kier molecular flexibility index (Phi) is 7.13. The number of rotatable bonds is 1. The first-order valence-corrected chi connectivity index (χ1v) is 12.9. The lowest BCUT2D eigenvalue weighted by molar-refractivity contribution is -0.135. The van der Waals surface area contributed by atoms with E-state index >= 15 is 0 Å². The number of H-pyrrole nitrogens is 1. The number of ether oxygens (including phenoxy) is 2. The molecule has 3 aromatic rings. The van der Waals surface area contributed by atoms with Crippen LogP contribution in [0.1, 0.15) is 84.8 Å². The Morgan fingerprint density at radius 2 is 1.82 bits per heavy atom. The van der Waals surface area contributed by atoms with Crippen molar-refractivity contribution in [3.05, 3.63) is 75.1 Å². The smallest absolute Gasteiger partial charge is 0.342 e. The van der Waals surface area contributed by atoms with E-state index in [2.05, 4.69) is 4.98 Å². The molecular weight excluding hydrogens is 486 g/mol. The second-order valence-corrected chi connectivity index (χ2v) is 9.91. The van der Waals surface area contributed by atoms with Gasteiger partial charge in [-0.25, -0.2) is 4.79 Å². The van der Waals surface area contributed by atoms with Crippen LogP contribution in [0.3, 0.4) is 0 Å². The van der Waals surface area contributed by atoms with E-state index in [9.17, 15) is 24.3 Å². The lowest BCUT2D eigenvalue weighted by Gasteiger charge is -2.27. The molecule has 0 radical (unpaired) electrons. The van der Waals surface area contributed by atoms with Gasteiger partial charge in [0, 0.05) is 35.4 Å². The lowest BCUT2D eigenvalue weighted by atomic mass is 9.83. The molecule has 196 valence electrons. The maximum atomic E-state index is 13.3. The predicted molar refractivity (Wildman–Crippen MR) is 141 cm³/mol. The van der Waals surface area contributed by atoms with Gasteiger partial charge in [0.2, 0.25) is 0 Å². The minimum Gasteiger partial charge on any atom is -0.507 e. The molecule has 0 aliphatic carbocycles. The van der Waals surface area contributed by atoms with E-state index in [0.29, 0.717) is 55.2 Å². The van der Waals surface area contributed by atoms with Gasteiger partial charge in [-0.1, -0.05) is 30.4 Å². The van der Waals surface area contributed by atoms with Crippen molar-refractivity contribution < 1.29 is 29.0 Å². The molecule has 5 rings (SSSR count). The number of nitrogens with one attached hydrogen (secondary N) is 1. The molecule has 8 nitrogen and oxygen atoms in total. The highest BCUT2D eigenvalue weighted by atomic mass is 16.5. The molecule has 2 N–H and O–H groups in total. The van der Waals surface area contributed by atoms with Gasteiger partial charge in [-0.05, 0) is 61.8 Å². The molecule has 2 aromatic carbocycles. The number of hydrogen-bond donors (Lipinski definition) is 2. The molecule has 2 atom stereocenters. The van der Waals surface area contributed by atoms with Crippen LogP contribution in [-0.4, -0.2) is 33.9 Å². The maximum Gasteiger partial charge on any atom is 0.342 e. The number of para-hydroxylation sites is 1. The summed E-state index contributed by atoms with van der Waals surface area (Å²) in [5, 5.41) is 12.3. The van der Waals surface area contributed by atoms with Crippen molar-refractivity contribution >= 4 is 34.7 Å². The van der Waals surface area contributed by atoms with Gasteiger partial charge in [0.1, 0.15) is 22.8 Å². The van der Waals surface area contributed by atoms with Crippen molar-refractivity contribution in [3.8, 4) is 11.5 Å². The molecule has 0 spiro atoms. The minimum absolute atomic E-state index is 0.0415. The monoisotopic (exact) mass is 515 g/mol. The van der Waals surface area contributed by atoms with Crippen LogP contribution in [0.25, 0.3) is 17.0 Å². The second-order valence-electron chi connectivity index (χ2n) is 9.91. The number of phenolic OH excluding ortho intramolecular Hbond substituents is 1. The zero-order chi connectivity index (χ0) is 26.8. The number of cyclic esters (lactones) is 1. The molecule has 8 heteroatoms. The third kappa shape index (κ3) is 5.11. The molecule has 0 saturated heterocycles. The number of ketones is 1. The van der Waals surface area contributed by atoms with Crippen molar-refractivity contribution in [3.63, 3.8) is 0 Å². The van der Waals surface area contributed by atoms with Crippen LogP contribution in [0.5, 0.6) is 11.5 Å². The summed E-state index contributed by atoms with van der Waals surface area (Å²) >= 11 is 0. The van der Waals surface area contributed by atoms with Gasteiger partial charge >= 0.3 is 11.9 Å². The lowest BCUT2D eigenvalue weighted by Crippen LogP contribution is -2.27. The van der Waals surface area contributed by atoms with Crippen molar-refractivity contribution in [2.45, 2.75) is 63.9 Å². The number of pyridine rings is 1. The van der Waals surface area contributed by atoms with Gasteiger partial charge in [0.15, 0.2) is 0 Å². The first-order chi connectivity index (χ1) is 18.3. The maximum absolute atomic E-state index is 13.3. The van der Waals surface area contributed by atoms with E-state index in [1.807, 2.05) is 24.3 Å². The molecule has 2 aliphatic rings. The van der Waals surface area contributed by atoms with Gasteiger partial charge in [-0.15, -0.1) is 0 Å².